The van der Waals surface area contributed by atoms with E-state index >= 15 is 0 Å². The van der Waals surface area contributed by atoms with Crippen LogP contribution >= 0.6 is 35.2 Å². The number of imidazole rings is 1. The van der Waals surface area contributed by atoms with E-state index < -0.39 is 5.82 Å². The lowest BCUT2D eigenvalue weighted by molar-refractivity contribution is 0.627. The van der Waals surface area contributed by atoms with Crippen molar-refractivity contribution in [3.05, 3.63) is 44.3 Å². The summed E-state index contributed by atoms with van der Waals surface area (Å²) in [6.45, 7) is 0.656. The minimum atomic E-state index is -0.439. The van der Waals surface area contributed by atoms with Gasteiger partial charge < -0.3 is 9.55 Å². The first-order valence-electron chi connectivity index (χ1n) is 5.60. The molecule has 0 saturated heterocycles. The Kier molecular flexibility index (Phi) is 3.38. The minimum absolute atomic E-state index is 0.0930. The Morgan fingerprint density at radius 3 is 3.05 bits per heavy atom. The largest absolute Gasteiger partial charge is 0.331 e. The van der Waals surface area contributed by atoms with Gasteiger partial charge in [0.05, 0.1) is 27.3 Å². The number of thiazole rings is 1. The van der Waals surface area contributed by atoms with Crippen LogP contribution in [0.3, 0.4) is 0 Å². The van der Waals surface area contributed by atoms with Gasteiger partial charge in [0.1, 0.15) is 5.82 Å². The van der Waals surface area contributed by atoms with Crippen molar-refractivity contribution in [1.82, 2.24) is 14.5 Å². The molecule has 0 amide bonds. The van der Waals surface area contributed by atoms with E-state index in [0.717, 1.165) is 23.1 Å². The molecule has 98 valence electrons. The fraction of sp³-hybridized carbons (Fsp3) is 0.167. The van der Waals surface area contributed by atoms with Crippen LogP contribution in [-0.2, 0) is 13.0 Å². The molecule has 0 aliphatic carbocycles. The molecule has 1 N–H and O–H groups in total. The molecule has 0 saturated carbocycles. The first kappa shape index (κ1) is 12.8. The number of hydrogen-bond donors (Lipinski definition) is 1. The molecule has 2 aromatic heterocycles. The number of halogens is 2. The highest BCUT2D eigenvalue weighted by molar-refractivity contribution is 7.71. The first-order valence-corrected chi connectivity index (χ1v) is 7.32. The standard InChI is InChI=1S/C12H9ClFN3S2/c13-8-3-10-11(4-9(8)14)17(12(18)16-10)2-1-7-5-19-6-15-7/h3-6H,1-2H2,(H,16,18). The van der Waals surface area contributed by atoms with E-state index in [1.807, 2.05) is 9.95 Å². The molecule has 0 fully saturated rings. The molecule has 0 aliphatic heterocycles. The van der Waals surface area contributed by atoms with Gasteiger partial charge in [-0.1, -0.05) is 11.6 Å². The molecular weight excluding hydrogens is 305 g/mol. The molecule has 3 aromatic rings. The Bertz CT molecular complexity index is 776. The number of fused-ring (bicyclic) bond motifs is 1. The smallest absolute Gasteiger partial charge is 0.178 e. The van der Waals surface area contributed by atoms with Crippen molar-refractivity contribution in [3.8, 4) is 0 Å². The lowest BCUT2D eigenvalue weighted by Gasteiger charge is -2.03. The third-order valence-electron chi connectivity index (χ3n) is 2.89. The summed E-state index contributed by atoms with van der Waals surface area (Å²) in [5, 5.41) is 2.09. The van der Waals surface area contributed by atoms with Crippen LogP contribution in [0, 0.1) is 10.6 Å². The number of nitrogens with zero attached hydrogens (tertiary/aromatic N) is 2. The zero-order valence-corrected chi connectivity index (χ0v) is 12.1. The van der Waals surface area contributed by atoms with Crippen LogP contribution in [0.4, 0.5) is 4.39 Å². The van der Waals surface area contributed by atoms with Gasteiger partial charge in [0.15, 0.2) is 4.77 Å². The Morgan fingerprint density at radius 2 is 2.32 bits per heavy atom. The SMILES string of the molecule is Fc1cc2c(cc1Cl)[nH]c(=S)n2CCc1cscn1. The molecular formula is C12H9ClFN3S2. The maximum absolute atomic E-state index is 13.5. The van der Waals surface area contributed by atoms with E-state index in [-0.39, 0.29) is 5.02 Å². The zero-order chi connectivity index (χ0) is 13.4. The van der Waals surface area contributed by atoms with E-state index in [0.29, 0.717) is 11.3 Å². The molecule has 0 unspecified atom stereocenters. The molecule has 3 nitrogen and oxygen atoms in total. The summed E-state index contributed by atoms with van der Waals surface area (Å²) in [5.41, 5.74) is 4.27. The van der Waals surface area contributed by atoms with Crippen molar-refractivity contribution in [2.24, 2.45) is 0 Å². The van der Waals surface area contributed by atoms with Crippen molar-refractivity contribution in [1.29, 1.82) is 0 Å². The first-order chi connectivity index (χ1) is 9.15. The predicted octanol–water partition coefficient (Wildman–Crippen LogP) is 4.19. The Hall–Kier alpha value is -1.24. The van der Waals surface area contributed by atoms with Crippen LogP contribution in [0.5, 0.6) is 0 Å². The van der Waals surface area contributed by atoms with E-state index in [1.54, 1.807) is 22.9 Å². The molecule has 7 heteroatoms. The average Bonchev–Trinajstić information content (AvgIpc) is 2.96. The number of rotatable bonds is 3. The quantitative estimate of drug-likeness (QED) is 0.736. The van der Waals surface area contributed by atoms with E-state index in [9.17, 15) is 4.39 Å². The Labute approximate surface area is 122 Å². The van der Waals surface area contributed by atoms with E-state index in [1.165, 1.54) is 6.07 Å². The average molecular weight is 314 g/mol. The number of benzene rings is 1. The summed E-state index contributed by atoms with van der Waals surface area (Å²) in [7, 11) is 0. The molecule has 2 heterocycles. The van der Waals surface area contributed by atoms with Gasteiger partial charge in [-0.25, -0.2) is 9.37 Å². The van der Waals surface area contributed by atoms with Gasteiger partial charge in [-0.15, -0.1) is 11.3 Å². The lowest BCUT2D eigenvalue weighted by atomic mass is 10.3. The van der Waals surface area contributed by atoms with Gasteiger partial charge >= 0.3 is 0 Å². The van der Waals surface area contributed by atoms with Crippen molar-refractivity contribution in [2.75, 3.05) is 0 Å². The van der Waals surface area contributed by atoms with Crippen molar-refractivity contribution in [3.63, 3.8) is 0 Å². The van der Waals surface area contributed by atoms with Crippen LogP contribution in [0.2, 0.25) is 5.02 Å². The number of H-pyrrole nitrogens is 1. The second-order valence-electron chi connectivity index (χ2n) is 4.10. The van der Waals surface area contributed by atoms with Gasteiger partial charge in [-0.2, -0.15) is 0 Å². The van der Waals surface area contributed by atoms with Crippen LogP contribution in [0.1, 0.15) is 5.69 Å². The predicted molar refractivity (Wildman–Crippen MR) is 77.9 cm³/mol. The van der Waals surface area contributed by atoms with Crippen molar-refractivity contribution >= 4 is 46.2 Å². The van der Waals surface area contributed by atoms with Gasteiger partial charge in [0, 0.05) is 24.4 Å². The number of aryl methyl sites for hydroxylation is 2. The fourth-order valence-corrected chi connectivity index (χ4v) is 3.02. The van der Waals surface area contributed by atoms with Gasteiger partial charge in [0.25, 0.3) is 0 Å². The second kappa shape index (κ2) is 5.03. The summed E-state index contributed by atoms with van der Waals surface area (Å²) in [4.78, 5) is 7.26. The van der Waals surface area contributed by atoms with Crippen LogP contribution in [-0.4, -0.2) is 14.5 Å². The summed E-state index contributed by atoms with van der Waals surface area (Å²) in [6, 6.07) is 2.96. The maximum Gasteiger partial charge on any atom is 0.178 e. The highest BCUT2D eigenvalue weighted by Crippen LogP contribution is 2.23. The van der Waals surface area contributed by atoms with Gasteiger partial charge in [-0.3, -0.25) is 0 Å². The molecule has 0 bridgehead atoms. The Morgan fingerprint density at radius 1 is 1.47 bits per heavy atom. The van der Waals surface area contributed by atoms with Crippen LogP contribution in [0.25, 0.3) is 11.0 Å². The fourth-order valence-electron chi connectivity index (χ4n) is 1.96. The molecule has 0 radical (unpaired) electrons. The van der Waals surface area contributed by atoms with E-state index in [2.05, 4.69) is 9.97 Å². The summed E-state index contributed by atoms with van der Waals surface area (Å²) in [6.07, 6.45) is 0.759. The van der Waals surface area contributed by atoms with Crippen molar-refractivity contribution in [2.45, 2.75) is 13.0 Å². The van der Waals surface area contributed by atoms with Crippen molar-refractivity contribution < 1.29 is 4.39 Å². The summed E-state index contributed by atoms with van der Waals surface area (Å²) >= 11 is 12.6. The highest BCUT2D eigenvalue weighted by Gasteiger charge is 2.09. The number of aromatic amines is 1. The third kappa shape index (κ3) is 2.43. The van der Waals surface area contributed by atoms with Crippen LogP contribution in [0.15, 0.2) is 23.0 Å². The lowest BCUT2D eigenvalue weighted by Crippen LogP contribution is -2.01. The normalized spacial score (nSPS) is 11.3. The Balaban J connectivity index is 2.00. The van der Waals surface area contributed by atoms with Gasteiger partial charge in [0.2, 0.25) is 0 Å². The van der Waals surface area contributed by atoms with Crippen LogP contribution < -0.4 is 0 Å². The maximum atomic E-state index is 13.5. The zero-order valence-electron chi connectivity index (χ0n) is 9.69. The molecule has 1 aromatic carbocycles. The summed E-state index contributed by atoms with van der Waals surface area (Å²) < 4.78 is 16.0. The number of hydrogen-bond acceptors (Lipinski definition) is 3. The van der Waals surface area contributed by atoms with E-state index in [4.69, 9.17) is 23.8 Å². The monoisotopic (exact) mass is 313 g/mol. The second-order valence-corrected chi connectivity index (χ2v) is 5.61. The summed E-state index contributed by atoms with van der Waals surface area (Å²) in [5.74, 6) is -0.439. The number of aromatic nitrogens is 3. The molecule has 3 rings (SSSR count). The highest BCUT2D eigenvalue weighted by atomic mass is 35.5. The molecule has 0 atom stereocenters. The minimum Gasteiger partial charge on any atom is -0.331 e. The molecule has 0 aliphatic rings. The number of nitrogens with one attached hydrogen (secondary N) is 1. The van der Waals surface area contributed by atoms with Gasteiger partial charge in [-0.05, 0) is 18.3 Å². The third-order valence-corrected chi connectivity index (χ3v) is 4.14. The molecule has 19 heavy (non-hydrogen) atoms. The topological polar surface area (TPSA) is 33.6 Å². The molecule has 0 spiro atoms.